The summed E-state index contributed by atoms with van der Waals surface area (Å²) < 4.78 is 1.14. The number of thiophene rings is 1. The smallest absolute Gasteiger partial charge is 0.261 e. The molecule has 0 saturated carbocycles. The summed E-state index contributed by atoms with van der Waals surface area (Å²) in [5.74, 6) is -0.00355. The minimum absolute atomic E-state index is 0.00355. The van der Waals surface area contributed by atoms with Gasteiger partial charge in [-0.25, -0.2) is 0 Å². The lowest BCUT2D eigenvalue weighted by molar-refractivity contribution is 0.0957. The molecule has 4 heteroatoms. The van der Waals surface area contributed by atoms with E-state index in [4.69, 9.17) is 11.6 Å². The van der Waals surface area contributed by atoms with Crippen molar-refractivity contribution >= 4 is 38.9 Å². The summed E-state index contributed by atoms with van der Waals surface area (Å²) in [6.45, 7) is 2.68. The first-order valence-corrected chi connectivity index (χ1v) is 7.37. The molecule has 0 spiro atoms. The maximum Gasteiger partial charge on any atom is 0.261 e. The fourth-order valence-corrected chi connectivity index (χ4v) is 2.82. The van der Waals surface area contributed by atoms with Crippen LogP contribution in [0.5, 0.6) is 0 Å². The Morgan fingerprint density at radius 2 is 2.22 bits per heavy atom. The number of amides is 1. The molecule has 0 aliphatic carbocycles. The summed E-state index contributed by atoms with van der Waals surface area (Å²) >= 11 is 7.54. The molecular formula is C14H16ClNOS. The van der Waals surface area contributed by atoms with Crippen molar-refractivity contribution in [3.05, 3.63) is 35.2 Å². The van der Waals surface area contributed by atoms with Crippen LogP contribution in [0.15, 0.2) is 30.3 Å². The van der Waals surface area contributed by atoms with Crippen molar-refractivity contribution in [2.45, 2.75) is 25.1 Å². The van der Waals surface area contributed by atoms with Crippen molar-refractivity contribution < 1.29 is 4.79 Å². The first-order valence-electron chi connectivity index (χ1n) is 6.11. The first kappa shape index (κ1) is 13.4. The average molecular weight is 282 g/mol. The van der Waals surface area contributed by atoms with Gasteiger partial charge in [0.05, 0.1) is 4.88 Å². The van der Waals surface area contributed by atoms with Gasteiger partial charge in [-0.1, -0.05) is 25.1 Å². The highest BCUT2D eigenvalue weighted by Crippen LogP contribution is 2.25. The van der Waals surface area contributed by atoms with Crippen LogP contribution >= 0.6 is 22.9 Å². The summed E-state index contributed by atoms with van der Waals surface area (Å²) in [6.07, 6.45) is 1.75. The van der Waals surface area contributed by atoms with E-state index in [1.807, 2.05) is 37.3 Å². The molecule has 1 heterocycles. The van der Waals surface area contributed by atoms with Crippen LogP contribution in [0.3, 0.4) is 0 Å². The number of nitrogens with one attached hydrogen (secondary N) is 1. The van der Waals surface area contributed by atoms with Crippen molar-refractivity contribution in [3.63, 3.8) is 0 Å². The van der Waals surface area contributed by atoms with Crippen LogP contribution in [0.2, 0.25) is 0 Å². The molecule has 0 bridgehead atoms. The van der Waals surface area contributed by atoms with E-state index >= 15 is 0 Å². The highest BCUT2D eigenvalue weighted by atomic mass is 35.5. The van der Waals surface area contributed by atoms with Gasteiger partial charge in [-0.2, -0.15) is 0 Å². The summed E-state index contributed by atoms with van der Waals surface area (Å²) in [6, 6.07) is 9.96. The summed E-state index contributed by atoms with van der Waals surface area (Å²) in [4.78, 5) is 12.7. The lowest BCUT2D eigenvalue weighted by atomic mass is 10.2. The predicted octanol–water partition coefficient (Wildman–Crippen LogP) is 4.04. The quantitative estimate of drug-likeness (QED) is 0.824. The molecule has 1 aromatic carbocycles. The molecule has 96 valence electrons. The zero-order valence-corrected chi connectivity index (χ0v) is 11.9. The van der Waals surface area contributed by atoms with Crippen LogP contribution < -0.4 is 5.32 Å². The number of alkyl halides is 1. The van der Waals surface area contributed by atoms with Gasteiger partial charge in [0.25, 0.3) is 5.91 Å². The third-order valence-electron chi connectivity index (χ3n) is 2.84. The highest BCUT2D eigenvalue weighted by molar-refractivity contribution is 7.20. The van der Waals surface area contributed by atoms with Gasteiger partial charge in [0.1, 0.15) is 0 Å². The molecule has 0 aliphatic rings. The molecule has 1 aromatic heterocycles. The Morgan fingerprint density at radius 1 is 1.44 bits per heavy atom. The largest absolute Gasteiger partial charge is 0.351 e. The van der Waals surface area contributed by atoms with E-state index in [1.54, 1.807) is 0 Å². The van der Waals surface area contributed by atoms with Gasteiger partial charge in [0.15, 0.2) is 0 Å². The lowest BCUT2D eigenvalue weighted by Crippen LogP contribution is -2.25. The summed E-state index contributed by atoms with van der Waals surface area (Å²) in [5, 5.41) is 4.18. The molecule has 1 N–H and O–H groups in total. The zero-order valence-electron chi connectivity index (χ0n) is 10.3. The standard InChI is InChI=1S/C14H16ClNOS/c1-2-11(15)7-8-16-14(17)13-9-10-5-3-4-6-12(10)18-13/h3-6,9,11H,2,7-8H2,1H3,(H,16,17). The zero-order chi connectivity index (χ0) is 13.0. The molecule has 0 saturated heterocycles. The van der Waals surface area contributed by atoms with Crippen LogP contribution in [-0.4, -0.2) is 17.8 Å². The van der Waals surface area contributed by atoms with Gasteiger partial charge in [0, 0.05) is 16.6 Å². The fourth-order valence-electron chi connectivity index (χ4n) is 1.73. The Morgan fingerprint density at radius 3 is 2.94 bits per heavy atom. The summed E-state index contributed by atoms with van der Waals surface area (Å²) in [7, 11) is 0. The molecular weight excluding hydrogens is 266 g/mol. The molecule has 0 aliphatic heterocycles. The van der Waals surface area contributed by atoms with Crippen LogP contribution in [0.1, 0.15) is 29.4 Å². The van der Waals surface area contributed by atoms with Gasteiger partial charge in [-0.15, -0.1) is 22.9 Å². The number of fused-ring (bicyclic) bond motifs is 1. The van der Waals surface area contributed by atoms with Gasteiger partial charge >= 0.3 is 0 Å². The predicted molar refractivity (Wildman–Crippen MR) is 78.7 cm³/mol. The molecule has 1 unspecified atom stereocenters. The molecule has 1 atom stereocenters. The number of benzene rings is 1. The average Bonchev–Trinajstić information content (AvgIpc) is 2.82. The Bertz CT molecular complexity index is 504. The molecule has 0 radical (unpaired) electrons. The van der Waals surface area contributed by atoms with Crippen molar-refractivity contribution in [1.82, 2.24) is 5.32 Å². The third-order valence-corrected chi connectivity index (χ3v) is 4.48. The topological polar surface area (TPSA) is 29.1 Å². The Kier molecular flexibility index (Phi) is 4.61. The monoisotopic (exact) mass is 281 g/mol. The van der Waals surface area contributed by atoms with Crippen molar-refractivity contribution in [2.75, 3.05) is 6.54 Å². The van der Waals surface area contributed by atoms with Crippen LogP contribution in [-0.2, 0) is 0 Å². The Labute approximate surface area is 116 Å². The Hall–Kier alpha value is -1.06. The van der Waals surface area contributed by atoms with Crippen molar-refractivity contribution in [1.29, 1.82) is 0 Å². The molecule has 18 heavy (non-hydrogen) atoms. The number of carbonyl (C=O) groups is 1. The van der Waals surface area contributed by atoms with Crippen molar-refractivity contribution in [2.24, 2.45) is 0 Å². The number of rotatable bonds is 5. The normalized spacial score (nSPS) is 12.6. The highest BCUT2D eigenvalue weighted by Gasteiger charge is 2.10. The van der Waals surface area contributed by atoms with E-state index in [1.165, 1.54) is 11.3 Å². The van der Waals surface area contributed by atoms with E-state index in [2.05, 4.69) is 5.32 Å². The van der Waals surface area contributed by atoms with Crippen LogP contribution in [0.4, 0.5) is 0 Å². The minimum atomic E-state index is -0.00355. The minimum Gasteiger partial charge on any atom is -0.351 e. The van der Waals surface area contributed by atoms with Crippen molar-refractivity contribution in [3.8, 4) is 0 Å². The second-order valence-electron chi connectivity index (χ2n) is 4.20. The Balaban J connectivity index is 1.96. The molecule has 2 rings (SSSR count). The first-order chi connectivity index (χ1) is 8.70. The fraction of sp³-hybridized carbons (Fsp3) is 0.357. The van der Waals surface area contributed by atoms with Crippen LogP contribution in [0, 0.1) is 0 Å². The lowest BCUT2D eigenvalue weighted by Gasteiger charge is -2.06. The maximum atomic E-state index is 11.9. The van der Waals surface area contributed by atoms with Gasteiger partial charge in [-0.3, -0.25) is 4.79 Å². The van der Waals surface area contributed by atoms with E-state index in [-0.39, 0.29) is 11.3 Å². The van der Waals surface area contributed by atoms with Gasteiger partial charge in [0.2, 0.25) is 0 Å². The van der Waals surface area contributed by atoms with E-state index in [9.17, 15) is 4.79 Å². The number of hydrogen-bond acceptors (Lipinski definition) is 2. The van der Waals surface area contributed by atoms with Gasteiger partial charge in [-0.05, 0) is 30.4 Å². The number of carbonyl (C=O) groups excluding carboxylic acids is 1. The SMILES string of the molecule is CCC(Cl)CCNC(=O)c1cc2ccccc2s1. The summed E-state index contributed by atoms with van der Waals surface area (Å²) in [5.41, 5.74) is 0. The molecule has 0 fully saturated rings. The second-order valence-corrected chi connectivity index (χ2v) is 5.90. The van der Waals surface area contributed by atoms with Crippen LogP contribution in [0.25, 0.3) is 10.1 Å². The number of hydrogen-bond donors (Lipinski definition) is 1. The molecule has 2 aromatic rings. The number of halogens is 1. The van der Waals surface area contributed by atoms with E-state index in [0.29, 0.717) is 6.54 Å². The second kappa shape index (κ2) is 6.21. The van der Waals surface area contributed by atoms with E-state index in [0.717, 1.165) is 27.8 Å². The van der Waals surface area contributed by atoms with Gasteiger partial charge < -0.3 is 5.32 Å². The molecule has 2 nitrogen and oxygen atoms in total. The third kappa shape index (κ3) is 3.24. The molecule has 1 amide bonds. The van der Waals surface area contributed by atoms with E-state index < -0.39 is 0 Å². The maximum absolute atomic E-state index is 11.9.